The molecule has 0 atom stereocenters. The molecule has 0 saturated carbocycles. The molecular weight excluding hydrogens is 230 g/mol. The number of nitrogens with zero attached hydrogens (tertiary/aromatic N) is 3. The summed E-state index contributed by atoms with van der Waals surface area (Å²) in [6, 6.07) is 6.17. The van der Waals surface area contributed by atoms with Crippen LogP contribution in [0.3, 0.4) is 0 Å². The van der Waals surface area contributed by atoms with Crippen LogP contribution in [-0.2, 0) is 17.7 Å². The van der Waals surface area contributed by atoms with Crippen molar-refractivity contribution < 1.29 is 9.47 Å². The van der Waals surface area contributed by atoms with Crippen molar-refractivity contribution in [3.05, 3.63) is 30.1 Å². The first-order chi connectivity index (χ1) is 8.88. The van der Waals surface area contributed by atoms with Gasteiger partial charge in [-0.3, -0.25) is 0 Å². The monoisotopic (exact) mass is 245 g/mol. The van der Waals surface area contributed by atoms with Crippen LogP contribution in [0, 0.1) is 0 Å². The molecule has 5 heteroatoms. The van der Waals surface area contributed by atoms with Crippen molar-refractivity contribution in [1.29, 1.82) is 0 Å². The number of aromatic nitrogens is 3. The largest absolute Gasteiger partial charge is 0.493 e. The molecule has 3 rings (SSSR count). The first-order valence-electron chi connectivity index (χ1n) is 6.01. The molecule has 2 aromatic rings. The molecular formula is C13H15N3O2. The van der Waals surface area contributed by atoms with Crippen molar-refractivity contribution >= 4 is 0 Å². The molecule has 1 aromatic heterocycles. The second-order valence-corrected chi connectivity index (χ2v) is 4.26. The maximum atomic E-state index is 5.50. The molecule has 1 aromatic carbocycles. The number of benzene rings is 1. The summed E-state index contributed by atoms with van der Waals surface area (Å²) in [5, 5.41) is 8.15. The van der Waals surface area contributed by atoms with E-state index in [1.54, 1.807) is 13.4 Å². The zero-order valence-electron chi connectivity index (χ0n) is 10.3. The topological polar surface area (TPSA) is 49.2 Å². The highest BCUT2D eigenvalue weighted by atomic mass is 16.5. The summed E-state index contributed by atoms with van der Waals surface area (Å²) >= 11 is 0. The van der Waals surface area contributed by atoms with Crippen LogP contribution in [0.2, 0.25) is 0 Å². The molecule has 0 unspecified atom stereocenters. The summed E-state index contributed by atoms with van der Waals surface area (Å²) in [5.41, 5.74) is 2.32. The zero-order chi connectivity index (χ0) is 12.4. The third-order valence-corrected chi connectivity index (χ3v) is 3.10. The maximum absolute atomic E-state index is 5.50. The third kappa shape index (κ3) is 1.97. The normalized spacial score (nSPS) is 13.4. The lowest BCUT2D eigenvalue weighted by Crippen LogP contribution is -2.05. The van der Waals surface area contributed by atoms with Crippen LogP contribution in [-0.4, -0.2) is 35.1 Å². The maximum Gasteiger partial charge on any atom is 0.163 e. The number of hydrogen-bond donors (Lipinski definition) is 0. The van der Waals surface area contributed by atoms with Gasteiger partial charge >= 0.3 is 0 Å². The van der Waals surface area contributed by atoms with Crippen molar-refractivity contribution in [2.75, 3.05) is 20.3 Å². The Balaban J connectivity index is 1.92. The Morgan fingerprint density at radius 3 is 3.28 bits per heavy atom. The van der Waals surface area contributed by atoms with Crippen molar-refractivity contribution in [2.45, 2.75) is 13.0 Å². The van der Waals surface area contributed by atoms with Gasteiger partial charge in [-0.2, -0.15) is 0 Å². The molecule has 0 spiro atoms. The van der Waals surface area contributed by atoms with E-state index < -0.39 is 0 Å². The van der Waals surface area contributed by atoms with Crippen LogP contribution in [0.4, 0.5) is 0 Å². The summed E-state index contributed by atoms with van der Waals surface area (Å²) < 4.78 is 12.6. The van der Waals surface area contributed by atoms with Gasteiger partial charge in [0.1, 0.15) is 12.1 Å². The van der Waals surface area contributed by atoms with E-state index in [9.17, 15) is 0 Å². The molecule has 0 fully saturated rings. The van der Waals surface area contributed by atoms with Crippen LogP contribution in [0.25, 0.3) is 11.4 Å². The minimum atomic E-state index is 0.652. The fraction of sp³-hybridized carbons (Fsp3) is 0.385. The minimum Gasteiger partial charge on any atom is -0.493 e. The average molecular weight is 245 g/mol. The van der Waals surface area contributed by atoms with Crippen LogP contribution in [0.5, 0.6) is 5.75 Å². The second kappa shape index (κ2) is 4.78. The van der Waals surface area contributed by atoms with Gasteiger partial charge in [0.05, 0.1) is 13.2 Å². The SMILES string of the molecule is COCCn1cnnc1-c1ccc2c(c1)CCO2. The molecule has 5 nitrogen and oxygen atoms in total. The quantitative estimate of drug-likeness (QED) is 0.819. The van der Waals surface area contributed by atoms with Crippen molar-refractivity contribution in [1.82, 2.24) is 14.8 Å². The van der Waals surface area contributed by atoms with E-state index in [1.165, 1.54) is 5.56 Å². The predicted octanol–water partition coefficient (Wildman–Crippen LogP) is 1.53. The highest BCUT2D eigenvalue weighted by molar-refractivity contribution is 5.59. The Kier molecular flexibility index (Phi) is 2.98. The summed E-state index contributed by atoms with van der Waals surface area (Å²) in [7, 11) is 1.69. The number of ether oxygens (including phenoxy) is 2. The van der Waals surface area contributed by atoms with Gasteiger partial charge in [-0.15, -0.1) is 10.2 Å². The van der Waals surface area contributed by atoms with Crippen LogP contribution in [0.15, 0.2) is 24.5 Å². The highest BCUT2D eigenvalue weighted by Crippen LogP contribution is 2.29. The lowest BCUT2D eigenvalue weighted by Gasteiger charge is -2.07. The Morgan fingerprint density at radius 1 is 1.44 bits per heavy atom. The van der Waals surface area contributed by atoms with E-state index in [4.69, 9.17) is 9.47 Å². The first kappa shape index (κ1) is 11.2. The van der Waals surface area contributed by atoms with Crippen molar-refractivity contribution in [3.63, 3.8) is 0 Å². The van der Waals surface area contributed by atoms with Gasteiger partial charge in [-0.25, -0.2) is 0 Å². The standard InChI is InChI=1S/C13H15N3O2/c1-17-7-5-16-9-14-15-13(16)11-2-3-12-10(8-11)4-6-18-12/h2-3,8-9H,4-7H2,1H3. The summed E-state index contributed by atoms with van der Waals surface area (Å²) in [4.78, 5) is 0. The molecule has 0 radical (unpaired) electrons. The predicted molar refractivity (Wildman–Crippen MR) is 66.5 cm³/mol. The van der Waals surface area contributed by atoms with E-state index >= 15 is 0 Å². The third-order valence-electron chi connectivity index (χ3n) is 3.10. The fourth-order valence-corrected chi connectivity index (χ4v) is 2.16. The zero-order valence-corrected chi connectivity index (χ0v) is 10.3. The summed E-state index contributed by atoms with van der Waals surface area (Å²) in [6.07, 6.45) is 2.70. The second-order valence-electron chi connectivity index (χ2n) is 4.26. The van der Waals surface area contributed by atoms with Gasteiger partial charge in [0.15, 0.2) is 5.82 Å². The Hall–Kier alpha value is -1.88. The number of hydrogen-bond acceptors (Lipinski definition) is 4. The molecule has 2 heterocycles. The molecule has 1 aliphatic heterocycles. The molecule has 94 valence electrons. The Bertz CT molecular complexity index is 551. The minimum absolute atomic E-state index is 0.652. The van der Waals surface area contributed by atoms with Crippen molar-refractivity contribution in [2.24, 2.45) is 0 Å². The van der Waals surface area contributed by atoms with Gasteiger partial charge in [-0.1, -0.05) is 0 Å². The molecule has 0 amide bonds. The first-order valence-corrected chi connectivity index (χ1v) is 6.01. The Morgan fingerprint density at radius 2 is 2.39 bits per heavy atom. The van der Waals surface area contributed by atoms with Crippen LogP contribution >= 0.6 is 0 Å². The number of methoxy groups -OCH3 is 1. The van der Waals surface area contributed by atoms with E-state index in [2.05, 4.69) is 16.3 Å². The van der Waals surface area contributed by atoms with Crippen molar-refractivity contribution in [3.8, 4) is 17.1 Å². The number of fused-ring (bicyclic) bond motifs is 1. The molecule has 0 aliphatic carbocycles. The number of rotatable bonds is 4. The van der Waals surface area contributed by atoms with Gasteiger partial charge < -0.3 is 14.0 Å². The highest BCUT2D eigenvalue weighted by Gasteiger charge is 2.14. The summed E-state index contributed by atoms with van der Waals surface area (Å²) in [6.45, 7) is 2.18. The smallest absolute Gasteiger partial charge is 0.163 e. The van der Waals surface area contributed by atoms with E-state index in [0.29, 0.717) is 6.61 Å². The van der Waals surface area contributed by atoms with Gasteiger partial charge in [0.25, 0.3) is 0 Å². The Labute approximate surface area is 105 Å². The van der Waals surface area contributed by atoms with E-state index in [1.807, 2.05) is 16.7 Å². The summed E-state index contributed by atoms with van der Waals surface area (Å²) in [5.74, 6) is 1.86. The fourth-order valence-electron chi connectivity index (χ4n) is 2.16. The van der Waals surface area contributed by atoms with Gasteiger partial charge in [0, 0.05) is 25.6 Å². The van der Waals surface area contributed by atoms with Crippen LogP contribution in [0.1, 0.15) is 5.56 Å². The molecule has 0 saturated heterocycles. The lowest BCUT2D eigenvalue weighted by atomic mass is 10.1. The molecule has 1 aliphatic rings. The molecule has 0 bridgehead atoms. The molecule has 0 N–H and O–H groups in total. The molecule has 18 heavy (non-hydrogen) atoms. The van der Waals surface area contributed by atoms with Crippen LogP contribution < -0.4 is 4.74 Å². The van der Waals surface area contributed by atoms with Gasteiger partial charge in [-0.05, 0) is 23.8 Å². The van der Waals surface area contributed by atoms with E-state index in [0.717, 1.165) is 36.7 Å². The van der Waals surface area contributed by atoms with E-state index in [-0.39, 0.29) is 0 Å². The lowest BCUT2D eigenvalue weighted by molar-refractivity contribution is 0.187. The average Bonchev–Trinajstić information content (AvgIpc) is 3.03. The van der Waals surface area contributed by atoms with Gasteiger partial charge in [0.2, 0.25) is 0 Å².